The maximum atomic E-state index is 12.9. The number of hydrogen-bond donors (Lipinski definition) is 1. The highest BCUT2D eigenvalue weighted by Gasteiger charge is 2.20. The molecule has 0 unspecified atom stereocenters. The van der Waals surface area contributed by atoms with Crippen molar-refractivity contribution >= 4 is 16.8 Å². The van der Waals surface area contributed by atoms with Crippen LogP contribution >= 0.6 is 0 Å². The molecule has 0 aliphatic heterocycles. The van der Waals surface area contributed by atoms with Crippen molar-refractivity contribution in [3.63, 3.8) is 0 Å². The van der Waals surface area contributed by atoms with E-state index in [1.807, 2.05) is 44.2 Å². The summed E-state index contributed by atoms with van der Waals surface area (Å²) >= 11 is 0. The summed E-state index contributed by atoms with van der Waals surface area (Å²) in [5.41, 5.74) is 3.83. The SMILES string of the molecule is Cc1cc(C(=O)N[C@H](C)c2nc(-c3ccccn3)no2)c2cccc(C)c2n1. The van der Waals surface area contributed by atoms with Crippen molar-refractivity contribution in [2.75, 3.05) is 0 Å². The number of carbonyl (C=O) groups is 1. The molecule has 0 aliphatic carbocycles. The molecular weight excluding hydrogens is 354 g/mol. The fraction of sp³-hybridized carbons (Fsp3) is 0.190. The lowest BCUT2D eigenvalue weighted by molar-refractivity contribution is 0.0934. The van der Waals surface area contributed by atoms with Gasteiger partial charge in [0.15, 0.2) is 0 Å². The van der Waals surface area contributed by atoms with Crippen molar-refractivity contribution in [2.24, 2.45) is 0 Å². The minimum absolute atomic E-state index is 0.216. The van der Waals surface area contributed by atoms with Gasteiger partial charge in [-0.05, 0) is 44.5 Å². The van der Waals surface area contributed by atoms with E-state index < -0.39 is 6.04 Å². The zero-order valence-corrected chi connectivity index (χ0v) is 15.8. The molecule has 4 aromatic rings. The highest BCUT2D eigenvalue weighted by molar-refractivity contribution is 6.06. The van der Waals surface area contributed by atoms with Gasteiger partial charge in [-0.25, -0.2) is 0 Å². The molecule has 0 saturated carbocycles. The average molecular weight is 373 g/mol. The summed E-state index contributed by atoms with van der Waals surface area (Å²) in [5, 5.41) is 7.70. The molecule has 0 spiro atoms. The molecule has 0 bridgehead atoms. The summed E-state index contributed by atoms with van der Waals surface area (Å²) in [4.78, 5) is 26.1. The van der Waals surface area contributed by atoms with Gasteiger partial charge in [-0.3, -0.25) is 14.8 Å². The number of amides is 1. The van der Waals surface area contributed by atoms with Crippen LogP contribution in [0.15, 0.2) is 53.2 Å². The minimum atomic E-state index is -0.453. The second kappa shape index (κ2) is 7.19. The number of aryl methyl sites for hydroxylation is 2. The molecule has 4 rings (SSSR count). The lowest BCUT2D eigenvalue weighted by atomic mass is 10.0. The van der Waals surface area contributed by atoms with Gasteiger partial charge < -0.3 is 9.84 Å². The number of fused-ring (bicyclic) bond motifs is 1. The van der Waals surface area contributed by atoms with Gasteiger partial charge in [-0.2, -0.15) is 4.98 Å². The Morgan fingerprint density at radius 2 is 1.96 bits per heavy atom. The first-order valence-electron chi connectivity index (χ1n) is 8.96. The topological polar surface area (TPSA) is 93.8 Å². The summed E-state index contributed by atoms with van der Waals surface area (Å²) in [5.74, 6) is 0.490. The number of rotatable bonds is 4. The molecule has 1 amide bonds. The van der Waals surface area contributed by atoms with Crippen LogP contribution in [-0.2, 0) is 0 Å². The molecule has 3 aromatic heterocycles. The Hall–Kier alpha value is -3.61. The number of benzene rings is 1. The van der Waals surface area contributed by atoms with Crippen LogP contribution in [0.4, 0.5) is 0 Å². The fourth-order valence-electron chi connectivity index (χ4n) is 3.05. The van der Waals surface area contributed by atoms with E-state index in [0.29, 0.717) is 23.0 Å². The monoisotopic (exact) mass is 373 g/mol. The molecule has 0 radical (unpaired) electrons. The van der Waals surface area contributed by atoms with Crippen LogP contribution in [0.25, 0.3) is 22.4 Å². The fourth-order valence-corrected chi connectivity index (χ4v) is 3.05. The zero-order chi connectivity index (χ0) is 19.7. The van der Waals surface area contributed by atoms with Crippen LogP contribution < -0.4 is 5.32 Å². The predicted molar refractivity (Wildman–Crippen MR) is 105 cm³/mol. The Kier molecular flexibility index (Phi) is 4.57. The van der Waals surface area contributed by atoms with Crippen LogP contribution in [-0.4, -0.2) is 26.0 Å². The Balaban J connectivity index is 1.60. The Bertz CT molecular complexity index is 1150. The summed E-state index contributed by atoms with van der Waals surface area (Å²) in [6.45, 7) is 5.66. The maximum absolute atomic E-state index is 12.9. The largest absolute Gasteiger partial charge is 0.340 e. The molecule has 1 aromatic carbocycles. The Morgan fingerprint density at radius 1 is 1.11 bits per heavy atom. The number of aromatic nitrogens is 4. The van der Waals surface area contributed by atoms with Crippen LogP contribution in [0.3, 0.4) is 0 Å². The van der Waals surface area contributed by atoms with E-state index in [1.54, 1.807) is 25.3 Å². The summed E-state index contributed by atoms with van der Waals surface area (Å²) in [7, 11) is 0. The highest BCUT2D eigenvalue weighted by atomic mass is 16.5. The van der Waals surface area contributed by atoms with Crippen molar-refractivity contribution in [1.82, 2.24) is 25.4 Å². The molecular formula is C21H19N5O2. The van der Waals surface area contributed by atoms with E-state index >= 15 is 0 Å². The smallest absolute Gasteiger partial charge is 0.252 e. The molecule has 0 saturated heterocycles. The zero-order valence-electron chi connectivity index (χ0n) is 15.8. The number of hydrogen-bond acceptors (Lipinski definition) is 6. The Labute approximate surface area is 161 Å². The van der Waals surface area contributed by atoms with Crippen molar-refractivity contribution < 1.29 is 9.32 Å². The molecule has 0 fully saturated rings. The van der Waals surface area contributed by atoms with E-state index in [2.05, 4.69) is 25.4 Å². The summed E-state index contributed by atoms with van der Waals surface area (Å²) in [6, 6.07) is 12.6. The van der Waals surface area contributed by atoms with Gasteiger partial charge in [0.1, 0.15) is 11.7 Å². The number of pyridine rings is 2. The molecule has 3 heterocycles. The third-order valence-corrected chi connectivity index (χ3v) is 4.47. The first-order chi connectivity index (χ1) is 13.5. The molecule has 7 heteroatoms. The molecule has 1 N–H and O–H groups in total. The van der Waals surface area contributed by atoms with Crippen molar-refractivity contribution in [2.45, 2.75) is 26.8 Å². The van der Waals surface area contributed by atoms with E-state index in [4.69, 9.17) is 4.52 Å². The molecule has 7 nitrogen and oxygen atoms in total. The second-order valence-electron chi connectivity index (χ2n) is 6.65. The second-order valence-corrected chi connectivity index (χ2v) is 6.65. The first-order valence-corrected chi connectivity index (χ1v) is 8.96. The number of nitrogens with zero attached hydrogens (tertiary/aromatic N) is 4. The predicted octanol–water partition coefficient (Wildman–Crippen LogP) is 3.79. The third-order valence-electron chi connectivity index (χ3n) is 4.47. The van der Waals surface area contributed by atoms with Gasteiger partial charge in [0, 0.05) is 17.3 Å². The lowest BCUT2D eigenvalue weighted by Gasteiger charge is -2.13. The van der Waals surface area contributed by atoms with Gasteiger partial charge >= 0.3 is 0 Å². The van der Waals surface area contributed by atoms with Gasteiger partial charge in [-0.1, -0.05) is 29.4 Å². The number of carbonyl (C=O) groups excluding carboxylic acids is 1. The van der Waals surface area contributed by atoms with Crippen LogP contribution in [0.1, 0.15) is 40.5 Å². The van der Waals surface area contributed by atoms with E-state index in [0.717, 1.165) is 22.2 Å². The van der Waals surface area contributed by atoms with Gasteiger partial charge in [0.25, 0.3) is 5.91 Å². The van der Waals surface area contributed by atoms with Gasteiger partial charge in [0.05, 0.1) is 11.1 Å². The Morgan fingerprint density at radius 3 is 2.75 bits per heavy atom. The molecule has 1 atom stereocenters. The number of nitrogens with one attached hydrogen (secondary N) is 1. The normalized spacial score (nSPS) is 12.1. The molecule has 0 aliphatic rings. The van der Waals surface area contributed by atoms with Crippen LogP contribution in [0, 0.1) is 13.8 Å². The van der Waals surface area contributed by atoms with E-state index in [1.165, 1.54) is 0 Å². The van der Waals surface area contributed by atoms with Crippen molar-refractivity contribution in [3.05, 3.63) is 71.4 Å². The van der Waals surface area contributed by atoms with Crippen LogP contribution in [0.2, 0.25) is 0 Å². The summed E-state index contributed by atoms with van der Waals surface area (Å²) < 4.78 is 5.32. The van der Waals surface area contributed by atoms with E-state index in [9.17, 15) is 4.79 Å². The number of para-hydroxylation sites is 1. The van der Waals surface area contributed by atoms with Gasteiger partial charge in [-0.15, -0.1) is 0 Å². The quantitative estimate of drug-likeness (QED) is 0.585. The molecule has 140 valence electrons. The standard InChI is InChI=1S/C21H19N5O2/c1-12-7-6-8-15-16(11-13(2)23-18(12)15)20(27)24-14(3)21-25-19(26-28-21)17-9-4-5-10-22-17/h4-11,14H,1-3H3,(H,24,27)/t14-/m1/s1. The maximum Gasteiger partial charge on any atom is 0.252 e. The van der Waals surface area contributed by atoms with Crippen LogP contribution in [0.5, 0.6) is 0 Å². The van der Waals surface area contributed by atoms with E-state index in [-0.39, 0.29) is 5.91 Å². The third kappa shape index (κ3) is 3.34. The average Bonchev–Trinajstić information content (AvgIpc) is 3.19. The first kappa shape index (κ1) is 17.8. The molecule has 28 heavy (non-hydrogen) atoms. The van der Waals surface area contributed by atoms with Gasteiger partial charge in [0.2, 0.25) is 11.7 Å². The highest BCUT2D eigenvalue weighted by Crippen LogP contribution is 2.23. The van der Waals surface area contributed by atoms with Crippen molar-refractivity contribution in [3.8, 4) is 11.5 Å². The summed E-state index contributed by atoms with van der Waals surface area (Å²) in [6.07, 6.45) is 1.66. The van der Waals surface area contributed by atoms with Crippen molar-refractivity contribution in [1.29, 1.82) is 0 Å². The lowest BCUT2D eigenvalue weighted by Crippen LogP contribution is -2.27. The minimum Gasteiger partial charge on any atom is -0.340 e.